The van der Waals surface area contributed by atoms with E-state index in [1.54, 1.807) is 33.3 Å². The number of aryl methyl sites for hydroxylation is 3. The quantitative estimate of drug-likeness (QED) is 0.0339. The minimum atomic E-state index is -0.294. The molecule has 584 valence electrons. The number of rotatable bonds is 22. The smallest absolute Gasteiger partial charge is 0.311 e. The number of azo groups is 3. The van der Waals surface area contributed by atoms with Crippen molar-refractivity contribution in [2.45, 2.75) is 33.6 Å². The van der Waals surface area contributed by atoms with Gasteiger partial charge in [-0.3, -0.25) is 4.79 Å². The van der Waals surface area contributed by atoms with Gasteiger partial charge in [0.1, 0.15) is 28.4 Å². The van der Waals surface area contributed by atoms with Gasteiger partial charge in [-0.25, -0.2) is 9.59 Å². The molecule has 0 spiro atoms. The van der Waals surface area contributed by atoms with E-state index in [1.807, 2.05) is 252 Å². The van der Waals surface area contributed by atoms with Crippen LogP contribution in [0.5, 0.6) is 17.2 Å². The summed E-state index contributed by atoms with van der Waals surface area (Å²) >= 11 is 13.3. The maximum Gasteiger partial charge on any atom is 0.311 e. The Morgan fingerprint density at radius 2 is 0.782 bits per heavy atom. The highest BCUT2D eigenvalue weighted by Gasteiger charge is 2.39. The number of para-hydroxylation sites is 4. The zero-order valence-electron chi connectivity index (χ0n) is 66.6. The Morgan fingerprint density at radius 1 is 0.403 bits per heavy atom. The van der Waals surface area contributed by atoms with Gasteiger partial charge in [0.25, 0.3) is 5.91 Å². The molecule has 0 saturated carbocycles. The highest BCUT2D eigenvalue weighted by Crippen LogP contribution is 2.55. The molecule has 0 fully saturated rings. The molecule has 15 aromatic carbocycles. The third-order valence-corrected chi connectivity index (χ3v) is 23.6. The molecule has 18 rings (SSSR count). The Balaban J connectivity index is 0.769. The number of H-pyrrole nitrogens is 3. The summed E-state index contributed by atoms with van der Waals surface area (Å²) in [5.74, 6) is 0.718. The van der Waals surface area contributed by atoms with Gasteiger partial charge in [0.05, 0.1) is 74.6 Å². The van der Waals surface area contributed by atoms with Crippen molar-refractivity contribution in [2.24, 2.45) is 30.7 Å². The second kappa shape index (κ2) is 30.8. The molecule has 0 aliphatic rings. The Morgan fingerprint density at radius 3 is 1.20 bits per heavy atom. The molecule has 3 heterocycles. The Hall–Kier alpha value is -14.2. The third kappa shape index (κ3) is 13.0. The van der Waals surface area contributed by atoms with Crippen molar-refractivity contribution < 1.29 is 28.6 Å². The van der Waals surface area contributed by atoms with Crippen molar-refractivity contribution in [3.8, 4) is 17.2 Å². The highest BCUT2D eigenvalue weighted by atomic mass is 35.5. The van der Waals surface area contributed by atoms with E-state index < -0.39 is 0 Å². The van der Waals surface area contributed by atoms with Gasteiger partial charge in [0.2, 0.25) is 11.5 Å². The Labute approximate surface area is 694 Å². The molecule has 0 radical (unpaired) electrons. The number of hydrogen-bond acceptors (Lipinski definition) is 13. The number of halogens is 2. The average Bonchev–Trinajstić information content (AvgIpc) is 1.69. The van der Waals surface area contributed by atoms with Crippen molar-refractivity contribution in [3.05, 3.63) is 293 Å². The Bertz CT molecular complexity index is 7280. The maximum atomic E-state index is 14.9. The van der Waals surface area contributed by atoms with E-state index in [2.05, 4.69) is 64.0 Å². The van der Waals surface area contributed by atoms with E-state index in [9.17, 15) is 14.4 Å². The van der Waals surface area contributed by atoms with Crippen molar-refractivity contribution in [1.82, 2.24) is 23.9 Å². The Kier molecular flexibility index (Phi) is 19.7. The number of amides is 3. The van der Waals surface area contributed by atoms with Crippen LogP contribution < -0.4 is 33.0 Å². The van der Waals surface area contributed by atoms with Crippen LogP contribution in [-0.2, 0) is 22.4 Å². The molecule has 3 amide bonds. The first kappa shape index (κ1) is 76.1. The first-order valence-corrected chi connectivity index (χ1v) is 39.8. The fourth-order valence-corrected chi connectivity index (χ4v) is 17.4. The van der Waals surface area contributed by atoms with Gasteiger partial charge < -0.3 is 39.0 Å². The second-order valence-corrected chi connectivity index (χ2v) is 30.8. The number of nitrogens with one attached hydrogen (secondary N) is 3. The number of hydrogen-bond donors (Lipinski definition) is 3. The van der Waals surface area contributed by atoms with Gasteiger partial charge in [-0.2, -0.15) is 24.3 Å². The van der Waals surface area contributed by atoms with Crippen LogP contribution in [0.3, 0.4) is 0 Å². The van der Waals surface area contributed by atoms with Crippen molar-refractivity contribution >= 4 is 219 Å². The van der Waals surface area contributed by atoms with E-state index in [1.165, 1.54) is 0 Å². The fourth-order valence-electron chi connectivity index (χ4n) is 17.1. The predicted octanol–water partition coefficient (Wildman–Crippen LogP) is 27.7. The number of fused-ring (bicyclic) bond motifs is 15. The van der Waals surface area contributed by atoms with Crippen LogP contribution in [0, 0.1) is 6.92 Å². The van der Waals surface area contributed by atoms with Crippen LogP contribution in [0.4, 0.5) is 79.6 Å². The van der Waals surface area contributed by atoms with Gasteiger partial charge in [0.15, 0.2) is 17.1 Å². The van der Waals surface area contributed by atoms with Gasteiger partial charge in [0, 0.05) is 140 Å². The number of nitrogens with zero attached hydrogens (tertiary/aromatic N) is 10. The molecule has 2 atom stereocenters. The lowest BCUT2D eigenvalue weighted by atomic mass is 9.99. The van der Waals surface area contributed by atoms with E-state index >= 15 is 0 Å². The molecule has 19 nitrogen and oxygen atoms in total. The first-order valence-electron chi connectivity index (χ1n) is 39.0. The number of aromatic nitrogens is 3. The van der Waals surface area contributed by atoms with Crippen LogP contribution in [0.15, 0.2) is 292 Å². The normalized spacial score (nSPS) is 13.0. The maximum absolute atomic E-state index is 14.9. The SMILES string of the molecule is CCc1ccccc1[N+](C)(C=O)c1cc2ccc3c4ccccc4[nH]c3c2c(N=Nc2ccc(N(c3ccc(N=Nc4c(OC)c(C(=O)N(C)c5ccccc5C)cc5ccc6c7cc(Cl)ccc7[nH]c6c45)cc3)c3ccc(N=Nc4c(OC)c([N+](C)(C=O)c5ccccc5CC)cc5ccc6c7cc(Cl)ccc7[nH]c6c45)cc3)cc2)c1OC. The van der Waals surface area contributed by atoms with Crippen LogP contribution in [0.25, 0.3) is 97.7 Å². The number of anilines is 4. The number of benzene rings is 15. The highest BCUT2D eigenvalue weighted by molar-refractivity contribution is 6.33. The zero-order chi connectivity index (χ0) is 82.1. The van der Waals surface area contributed by atoms with Gasteiger partial charge in [-0.15, -0.1) is 15.3 Å². The summed E-state index contributed by atoms with van der Waals surface area (Å²) < 4.78 is 18.7. The molecule has 0 saturated heterocycles. The molecular formula is C98H79Cl2N13O6+2. The standard InChI is InChI=1S/C98H78Cl2N13O6/c1-10-58-21-13-18-26-82(58)112(5,55-114)84-51-61-29-45-72-71-23-15-16-24-78(71)101-89(72)87(61)93(96(84)118-8)108-105-66-35-41-69(42-36-66)111(68-39-33-65(34-40-68)104-107-92-86-60(28-46-73-75-53-63(99)31-48-79(75)102-90(73)86)50-77(95(92)117-7)98(116)110(4)81-25-17-12-20-57(81)3)70-43-37-67(38-44-70)106-109-94-88-62(30-47-74-76-54-64(100)32-49-80(76)103-91(74)88)52-85(97(94)119-9)113(6,56-115)83-27-19-14-22-59(83)11-2/h12-56H,10-11H2,1-9H3,(H2-,101,102,103,104,105,106,116)/q+1/p+1. The molecule has 18 aromatic rings. The first-order chi connectivity index (χ1) is 58.0. The largest absolute Gasteiger partial charge is 0.494 e. The monoisotopic (exact) mass is 1600 g/mol. The van der Waals surface area contributed by atoms with Gasteiger partial charge in [-0.05, 0) is 169 Å². The summed E-state index contributed by atoms with van der Waals surface area (Å²) in [6.45, 7) is 6.13. The summed E-state index contributed by atoms with van der Waals surface area (Å²) in [5, 5.41) is 41.9. The average molecular weight is 1610 g/mol. The molecule has 119 heavy (non-hydrogen) atoms. The van der Waals surface area contributed by atoms with Gasteiger partial charge >= 0.3 is 12.8 Å². The molecule has 2 unspecified atom stereocenters. The lowest BCUT2D eigenvalue weighted by Crippen LogP contribution is -2.39. The summed E-state index contributed by atoms with van der Waals surface area (Å²) in [4.78, 5) is 57.4. The van der Waals surface area contributed by atoms with Crippen LogP contribution in [-0.4, -0.2) is 76.2 Å². The summed E-state index contributed by atoms with van der Waals surface area (Å²) in [5.41, 5.74) is 16.9. The molecular weight excluding hydrogens is 1530 g/mol. The van der Waals surface area contributed by atoms with Crippen LogP contribution in [0.1, 0.15) is 40.9 Å². The number of carbonyl (C=O) groups excluding carboxylic acids is 3. The van der Waals surface area contributed by atoms with E-state index in [0.29, 0.717) is 90.8 Å². The number of methoxy groups -OCH3 is 3. The van der Waals surface area contributed by atoms with Crippen LogP contribution in [0.2, 0.25) is 10.0 Å². The van der Waals surface area contributed by atoms with Gasteiger partial charge in [-0.1, -0.05) is 146 Å². The minimum absolute atomic E-state index is 0.225. The molecule has 3 aromatic heterocycles. The zero-order valence-corrected chi connectivity index (χ0v) is 68.1. The lowest BCUT2D eigenvalue weighted by molar-refractivity contribution is -0.115. The second-order valence-electron chi connectivity index (χ2n) is 29.9. The lowest BCUT2D eigenvalue weighted by Gasteiger charge is -2.30. The minimum Gasteiger partial charge on any atom is -0.494 e. The van der Waals surface area contributed by atoms with Crippen molar-refractivity contribution in [2.75, 3.05) is 52.3 Å². The third-order valence-electron chi connectivity index (χ3n) is 23.1. The topological polar surface area (TPSA) is 207 Å². The number of carbonyl (C=O) groups is 3. The summed E-state index contributed by atoms with van der Waals surface area (Å²) in [6, 6.07) is 84.7. The molecule has 21 heteroatoms. The van der Waals surface area contributed by atoms with E-state index in [4.69, 9.17) is 68.1 Å². The predicted molar refractivity (Wildman–Crippen MR) is 486 cm³/mol. The molecule has 0 aliphatic heterocycles. The van der Waals surface area contributed by atoms with Crippen molar-refractivity contribution in [3.63, 3.8) is 0 Å². The molecule has 0 aliphatic carbocycles. The number of aromatic amines is 3. The summed E-state index contributed by atoms with van der Waals surface area (Å²) in [7, 11) is 10.2. The molecule has 0 bridgehead atoms. The van der Waals surface area contributed by atoms with E-state index in [0.717, 1.165) is 156 Å². The van der Waals surface area contributed by atoms with Crippen LogP contribution >= 0.6 is 23.2 Å². The molecule has 3 N–H and O–H groups in total. The fraction of sp³-hybridized carbons (Fsp3) is 0.112. The van der Waals surface area contributed by atoms with Crippen molar-refractivity contribution in [1.29, 1.82) is 0 Å². The number of ether oxygens (including phenoxy) is 3. The van der Waals surface area contributed by atoms with E-state index in [-0.39, 0.29) is 20.6 Å². The summed E-state index contributed by atoms with van der Waals surface area (Å²) in [6.07, 6.45) is 3.26. The number of quaternary nitrogens is 2.